The van der Waals surface area contributed by atoms with Gasteiger partial charge in [-0.25, -0.2) is 0 Å². The van der Waals surface area contributed by atoms with Crippen molar-refractivity contribution in [2.45, 2.75) is 25.5 Å². The molecule has 0 spiro atoms. The summed E-state index contributed by atoms with van der Waals surface area (Å²) >= 11 is 0. The average Bonchev–Trinajstić information content (AvgIpc) is 2.99. The maximum absolute atomic E-state index is 12.2. The number of likely N-dealkylation sites (tertiary alicyclic amines) is 1. The van der Waals surface area contributed by atoms with Crippen LogP contribution in [0.1, 0.15) is 18.6 Å². The van der Waals surface area contributed by atoms with Crippen LogP contribution in [0, 0.1) is 0 Å². The van der Waals surface area contributed by atoms with Crippen LogP contribution < -0.4 is 0 Å². The number of rotatable bonds is 7. The Morgan fingerprint density at radius 2 is 2.29 bits per heavy atom. The van der Waals surface area contributed by atoms with Gasteiger partial charge >= 0.3 is 0 Å². The Morgan fingerprint density at radius 3 is 2.90 bits per heavy atom. The molecule has 6 nitrogen and oxygen atoms in total. The largest absolute Gasteiger partial charge is 0.467 e. The molecule has 1 aromatic heterocycles. The summed E-state index contributed by atoms with van der Waals surface area (Å²) in [4.78, 5) is 16.0. The first-order chi connectivity index (χ1) is 10.2. The summed E-state index contributed by atoms with van der Waals surface area (Å²) in [6.45, 7) is 3.12. The molecule has 21 heavy (non-hydrogen) atoms. The first kappa shape index (κ1) is 16.0. The van der Waals surface area contributed by atoms with Gasteiger partial charge in [0.05, 0.1) is 38.7 Å². The lowest BCUT2D eigenvalue weighted by molar-refractivity contribution is -0.132. The van der Waals surface area contributed by atoms with Gasteiger partial charge in [0.25, 0.3) is 0 Å². The third-order valence-corrected chi connectivity index (χ3v) is 3.74. The van der Waals surface area contributed by atoms with E-state index in [-0.39, 0.29) is 18.6 Å². The number of aliphatic hydroxyl groups is 1. The van der Waals surface area contributed by atoms with Gasteiger partial charge in [0.1, 0.15) is 5.76 Å². The van der Waals surface area contributed by atoms with E-state index in [9.17, 15) is 4.79 Å². The number of piperidine rings is 1. The van der Waals surface area contributed by atoms with E-state index in [1.807, 2.05) is 12.1 Å². The molecule has 1 fully saturated rings. The minimum Gasteiger partial charge on any atom is -0.467 e. The maximum atomic E-state index is 12.2. The number of carbonyl (C=O) groups is 1. The highest BCUT2D eigenvalue weighted by Crippen LogP contribution is 2.14. The molecule has 0 aliphatic carbocycles. The van der Waals surface area contributed by atoms with Crippen molar-refractivity contribution in [1.29, 1.82) is 0 Å². The van der Waals surface area contributed by atoms with Crippen LogP contribution in [0.25, 0.3) is 0 Å². The van der Waals surface area contributed by atoms with Crippen LogP contribution >= 0.6 is 0 Å². The Morgan fingerprint density at radius 1 is 1.52 bits per heavy atom. The number of nitrogens with zero attached hydrogens (tertiary/aromatic N) is 2. The fraction of sp³-hybridized carbons (Fsp3) is 0.667. The van der Waals surface area contributed by atoms with Crippen molar-refractivity contribution in [3.8, 4) is 0 Å². The van der Waals surface area contributed by atoms with Crippen molar-refractivity contribution in [2.24, 2.45) is 0 Å². The van der Waals surface area contributed by atoms with Gasteiger partial charge in [-0.05, 0) is 25.0 Å². The molecule has 118 valence electrons. The summed E-state index contributed by atoms with van der Waals surface area (Å²) in [5.74, 6) is 0.892. The monoisotopic (exact) mass is 296 g/mol. The number of likely N-dealkylation sites (N-methyl/N-ethyl adjacent to an activating group) is 1. The third-order valence-electron chi connectivity index (χ3n) is 3.74. The van der Waals surface area contributed by atoms with Gasteiger partial charge < -0.3 is 19.2 Å². The normalized spacial score (nSPS) is 17.0. The van der Waals surface area contributed by atoms with Crippen molar-refractivity contribution >= 4 is 5.91 Å². The molecule has 0 radical (unpaired) electrons. The van der Waals surface area contributed by atoms with Crippen LogP contribution in [0.5, 0.6) is 0 Å². The number of hydrogen-bond acceptors (Lipinski definition) is 5. The van der Waals surface area contributed by atoms with Crippen LogP contribution in [0.2, 0.25) is 0 Å². The molecule has 0 aromatic carbocycles. The lowest BCUT2D eigenvalue weighted by atomic mass is 10.1. The second-order valence-electron chi connectivity index (χ2n) is 5.40. The molecule has 6 heteroatoms. The Labute approximate surface area is 125 Å². The quantitative estimate of drug-likeness (QED) is 0.803. The molecule has 0 saturated carbocycles. The summed E-state index contributed by atoms with van der Waals surface area (Å²) in [6, 6.07) is 3.69. The van der Waals surface area contributed by atoms with Crippen molar-refractivity contribution in [2.75, 3.05) is 39.9 Å². The topological polar surface area (TPSA) is 66.2 Å². The molecule has 0 atom stereocenters. The fourth-order valence-electron chi connectivity index (χ4n) is 2.49. The number of furan rings is 1. The molecule has 2 rings (SSSR count). The summed E-state index contributed by atoms with van der Waals surface area (Å²) in [7, 11) is 1.79. The minimum absolute atomic E-state index is 0.0657. The predicted octanol–water partition coefficient (Wildman–Crippen LogP) is 0.711. The van der Waals surface area contributed by atoms with E-state index in [1.54, 1.807) is 18.2 Å². The van der Waals surface area contributed by atoms with Gasteiger partial charge in [-0.3, -0.25) is 9.69 Å². The number of amides is 1. The lowest BCUT2D eigenvalue weighted by Crippen LogP contribution is -2.43. The number of ether oxygens (including phenoxy) is 1. The number of aliphatic hydroxyl groups excluding tert-OH is 1. The van der Waals surface area contributed by atoms with Crippen LogP contribution in [-0.2, 0) is 16.1 Å². The third kappa shape index (κ3) is 5.15. The van der Waals surface area contributed by atoms with Crippen LogP contribution in [-0.4, -0.2) is 66.8 Å². The molecular weight excluding hydrogens is 272 g/mol. The van der Waals surface area contributed by atoms with Gasteiger partial charge in [0, 0.05) is 20.1 Å². The van der Waals surface area contributed by atoms with Gasteiger partial charge in [-0.1, -0.05) is 0 Å². The Kier molecular flexibility index (Phi) is 6.22. The van der Waals surface area contributed by atoms with Crippen molar-refractivity contribution in [1.82, 2.24) is 9.80 Å². The predicted molar refractivity (Wildman–Crippen MR) is 77.7 cm³/mol. The first-order valence-electron chi connectivity index (χ1n) is 7.40. The molecule has 1 aliphatic heterocycles. The average molecular weight is 296 g/mol. The highest BCUT2D eigenvalue weighted by Gasteiger charge is 2.22. The molecule has 1 saturated heterocycles. The van der Waals surface area contributed by atoms with Gasteiger partial charge in [0.2, 0.25) is 5.91 Å². The molecule has 0 unspecified atom stereocenters. The smallest absolute Gasteiger partial charge is 0.236 e. The maximum Gasteiger partial charge on any atom is 0.236 e. The van der Waals surface area contributed by atoms with E-state index in [1.165, 1.54) is 0 Å². The Balaban J connectivity index is 1.69. The van der Waals surface area contributed by atoms with E-state index < -0.39 is 0 Å². The van der Waals surface area contributed by atoms with Gasteiger partial charge in [0.15, 0.2) is 0 Å². The van der Waals surface area contributed by atoms with E-state index in [2.05, 4.69) is 4.90 Å². The molecule has 1 N–H and O–H groups in total. The van der Waals surface area contributed by atoms with Crippen LogP contribution in [0.4, 0.5) is 0 Å². The zero-order valence-electron chi connectivity index (χ0n) is 12.5. The summed E-state index contributed by atoms with van der Waals surface area (Å²) in [5.41, 5.74) is 0. The van der Waals surface area contributed by atoms with E-state index in [0.29, 0.717) is 19.7 Å². The van der Waals surface area contributed by atoms with E-state index in [0.717, 1.165) is 31.7 Å². The molecule has 2 heterocycles. The molecule has 1 aliphatic rings. The summed E-state index contributed by atoms with van der Waals surface area (Å²) in [6.07, 6.45) is 3.65. The summed E-state index contributed by atoms with van der Waals surface area (Å²) < 4.78 is 10.8. The Bertz CT molecular complexity index is 413. The highest BCUT2D eigenvalue weighted by atomic mass is 16.5. The molecule has 1 amide bonds. The van der Waals surface area contributed by atoms with Crippen molar-refractivity contribution in [3.63, 3.8) is 0 Å². The second-order valence-corrected chi connectivity index (χ2v) is 5.40. The summed E-state index contributed by atoms with van der Waals surface area (Å²) in [5, 5.41) is 8.74. The van der Waals surface area contributed by atoms with Crippen LogP contribution in [0.15, 0.2) is 22.8 Å². The molecular formula is C15H24N2O4. The lowest BCUT2D eigenvalue weighted by Gasteiger charge is -2.32. The number of hydrogen-bond donors (Lipinski definition) is 1. The minimum atomic E-state index is 0.0657. The van der Waals surface area contributed by atoms with Crippen LogP contribution in [0.3, 0.4) is 0 Å². The zero-order valence-corrected chi connectivity index (χ0v) is 12.5. The van der Waals surface area contributed by atoms with Crippen molar-refractivity contribution in [3.05, 3.63) is 24.2 Å². The number of carbonyl (C=O) groups excluding carboxylic acids is 1. The fourth-order valence-corrected chi connectivity index (χ4v) is 2.49. The first-order valence-corrected chi connectivity index (χ1v) is 7.40. The van der Waals surface area contributed by atoms with Gasteiger partial charge in [-0.15, -0.1) is 0 Å². The van der Waals surface area contributed by atoms with E-state index >= 15 is 0 Å². The van der Waals surface area contributed by atoms with Crippen molar-refractivity contribution < 1.29 is 19.1 Å². The zero-order chi connectivity index (χ0) is 15.1. The SMILES string of the molecule is CN(Cc1ccco1)C(=O)CN1CCC(OCCO)CC1. The second kappa shape index (κ2) is 8.17. The molecule has 1 aromatic rings. The van der Waals surface area contributed by atoms with Gasteiger partial charge in [-0.2, -0.15) is 0 Å². The Hall–Kier alpha value is -1.37. The standard InChI is InChI=1S/C15H24N2O4/c1-16(11-14-3-2-9-20-14)15(19)12-17-6-4-13(5-7-17)21-10-8-18/h2-3,9,13,18H,4-8,10-12H2,1H3. The molecule has 0 bridgehead atoms. The highest BCUT2D eigenvalue weighted by molar-refractivity contribution is 5.77. The van der Waals surface area contributed by atoms with E-state index in [4.69, 9.17) is 14.3 Å².